The van der Waals surface area contributed by atoms with Crippen molar-refractivity contribution in [2.75, 3.05) is 13.7 Å². The number of nitrogens with zero attached hydrogens (tertiary/aromatic N) is 2. The number of hydrogen-bond acceptors (Lipinski definition) is 8. The molecule has 2 aromatic heterocycles. The fraction of sp³-hybridized carbons (Fsp3) is 0.111. The van der Waals surface area contributed by atoms with Gasteiger partial charge in [0, 0.05) is 6.08 Å². The normalized spacial score (nSPS) is 15.8. The lowest BCUT2D eigenvalue weighted by molar-refractivity contribution is -0.143. The van der Waals surface area contributed by atoms with Crippen molar-refractivity contribution in [2.24, 2.45) is 0 Å². The number of thioether (sulfide) groups is 1. The second-order valence-corrected chi connectivity index (χ2v) is 7.65. The third-order valence-corrected chi connectivity index (χ3v) is 5.54. The van der Waals surface area contributed by atoms with Crippen molar-refractivity contribution in [3.63, 3.8) is 0 Å². The molecule has 0 spiro atoms. The Hall–Kier alpha value is -2.98. The van der Waals surface area contributed by atoms with Crippen molar-refractivity contribution in [1.29, 1.82) is 0 Å². The van der Waals surface area contributed by atoms with Crippen molar-refractivity contribution in [3.8, 4) is 0 Å². The quantitative estimate of drug-likeness (QED) is 0.498. The predicted molar refractivity (Wildman–Crippen MR) is 104 cm³/mol. The molecule has 1 N–H and O–H groups in total. The van der Waals surface area contributed by atoms with Crippen LogP contribution in [0, 0.1) is 0 Å². The highest BCUT2D eigenvalue weighted by Crippen LogP contribution is 2.34. The maximum atomic E-state index is 12.3. The molecule has 28 heavy (non-hydrogen) atoms. The van der Waals surface area contributed by atoms with E-state index in [9.17, 15) is 14.4 Å². The number of carbonyl (C=O) groups excluding carboxylic acids is 3. The second-order valence-electron chi connectivity index (χ2n) is 5.66. The Morgan fingerprint density at radius 3 is 2.93 bits per heavy atom. The molecule has 3 heterocycles. The Morgan fingerprint density at radius 1 is 1.32 bits per heavy atom. The highest BCUT2D eigenvalue weighted by Gasteiger charge is 2.36. The van der Waals surface area contributed by atoms with E-state index >= 15 is 0 Å². The molecule has 0 bridgehead atoms. The van der Waals surface area contributed by atoms with E-state index in [1.165, 1.54) is 24.9 Å². The topological polar surface area (TPSA) is 106 Å². The van der Waals surface area contributed by atoms with Crippen molar-refractivity contribution in [2.45, 2.75) is 10.2 Å². The van der Waals surface area contributed by atoms with E-state index in [0.717, 1.165) is 27.7 Å². The molecule has 8 nitrogen and oxygen atoms in total. The summed E-state index contributed by atoms with van der Waals surface area (Å²) in [4.78, 5) is 44.3. The van der Waals surface area contributed by atoms with Gasteiger partial charge in [0.1, 0.15) is 12.3 Å². The summed E-state index contributed by atoms with van der Waals surface area (Å²) in [5.41, 5.74) is 1.78. The summed E-state index contributed by atoms with van der Waals surface area (Å²) < 4.78 is 10.2. The number of carbonyl (C=O) groups is 3. The van der Waals surface area contributed by atoms with Crippen LogP contribution in [0.1, 0.15) is 5.76 Å². The summed E-state index contributed by atoms with van der Waals surface area (Å²) in [5.74, 6) is -0.795. The molecule has 1 aliphatic rings. The van der Waals surface area contributed by atoms with Gasteiger partial charge in [-0.05, 0) is 47.8 Å². The zero-order valence-electron chi connectivity index (χ0n) is 14.5. The average Bonchev–Trinajstić information content (AvgIpc) is 3.36. The number of nitrogens with one attached hydrogen (secondary N) is 1. The van der Waals surface area contributed by atoms with E-state index in [-0.39, 0.29) is 4.91 Å². The number of H-pyrrole nitrogens is 1. The molecule has 4 rings (SSSR count). The number of fused-ring (bicyclic) bond motifs is 1. The van der Waals surface area contributed by atoms with Gasteiger partial charge in [0.2, 0.25) is 0 Å². The van der Waals surface area contributed by atoms with Gasteiger partial charge in [0.05, 0.1) is 23.0 Å². The lowest BCUT2D eigenvalue weighted by atomic mass is 10.3. The molecular formula is C18H13N3O5S2. The van der Waals surface area contributed by atoms with Crippen LogP contribution in [0.25, 0.3) is 17.1 Å². The van der Waals surface area contributed by atoms with E-state index in [0.29, 0.717) is 16.0 Å². The third kappa shape index (κ3) is 3.69. The van der Waals surface area contributed by atoms with E-state index in [4.69, 9.17) is 4.42 Å². The monoisotopic (exact) mass is 415 g/mol. The first-order chi connectivity index (χ1) is 13.5. The molecule has 0 aliphatic carbocycles. The van der Waals surface area contributed by atoms with Crippen LogP contribution in [0.4, 0.5) is 4.79 Å². The van der Waals surface area contributed by atoms with Gasteiger partial charge in [-0.2, -0.15) is 0 Å². The Bertz CT molecular complexity index is 1080. The highest BCUT2D eigenvalue weighted by molar-refractivity contribution is 8.18. The van der Waals surface area contributed by atoms with Crippen LogP contribution in [0.5, 0.6) is 0 Å². The van der Waals surface area contributed by atoms with Crippen molar-refractivity contribution < 1.29 is 23.5 Å². The lowest BCUT2D eigenvalue weighted by Gasteiger charge is -2.09. The first kappa shape index (κ1) is 18.4. The molecule has 0 unspecified atom stereocenters. The minimum atomic E-state index is -0.661. The molecule has 1 saturated heterocycles. The Morgan fingerprint density at radius 2 is 2.14 bits per heavy atom. The summed E-state index contributed by atoms with van der Waals surface area (Å²) >= 11 is 2.06. The fourth-order valence-electron chi connectivity index (χ4n) is 2.50. The molecule has 3 aromatic rings. The van der Waals surface area contributed by atoms with Crippen LogP contribution in [-0.2, 0) is 14.3 Å². The number of imidazole rings is 1. The molecule has 0 saturated carbocycles. The number of aromatic nitrogens is 2. The minimum Gasteiger partial charge on any atom is -0.468 e. The first-order valence-electron chi connectivity index (χ1n) is 8.08. The molecule has 10 heteroatoms. The third-order valence-electron chi connectivity index (χ3n) is 3.83. The minimum absolute atomic E-state index is 0.184. The molecule has 1 aromatic carbocycles. The van der Waals surface area contributed by atoms with Crippen molar-refractivity contribution >= 4 is 57.7 Å². The number of esters is 1. The zero-order valence-corrected chi connectivity index (χ0v) is 16.1. The number of imide groups is 1. The number of benzene rings is 1. The first-order valence-corrected chi connectivity index (χ1v) is 9.71. The molecule has 1 fully saturated rings. The van der Waals surface area contributed by atoms with Crippen molar-refractivity contribution in [3.05, 3.63) is 47.1 Å². The number of aromatic amines is 1. The maximum Gasteiger partial charge on any atom is 0.325 e. The van der Waals surface area contributed by atoms with Gasteiger partial charge in [-0.1, -0.05) is 12.1 Å². The summed E-state index contributed by atoms with van der Waals surface area (Å²) in [6, 6.07) is 11.1. The van der Waals surface area contributed by atoms with Gasteiger partial charge >= 0.3 is 5.97 Å². The number of rotatable bonds is 5. The SMILES string of the molecule is COC(=O)CN1C(=O)SC(=Cc2ccc(Sc3nc4ccccc4[nH]3)o2)C1=O. The molecule has 0 radical (unpaired) electrons. The van der Waals surface area contributed by atoms with Crippen LogP contribution >= 0.6 is 23.5 Å². The molecule has 2 amide bonds. The van der Waals surface area contributed by atoms with E-state index in [1.54, 1.807) is 12.1 Å². The number of para-hydroxylation sites is 2. The number of methoxy groups -OCH3 is 1. The van der Waals surface area contributed by atoms with E-state index in [2.05, 4.69) is 14.7 Å². The summed E-state index contributed by atoms with van der Waals surface area (Å²) in [5, 5.41) is 0.740. The Kier molecular flexibility index (Phi) is 4.97. The van der Waals surface area contributed by atoms with Gasteiger partial charge < -0.3 is 14.1 Å². The summed E-state index contributed by atoms with van der Waals surface area (Å²) in [7, 11) is 1.20. The summed E-state index contributed by atoms with van der Waals surface area (Å²) in [6.07, 6.45) is 1.48. The average molecular weight is 415 g/mol. The van der Waals surface area contributed by atoms with Crippen LogP contribution < -0.4 is 0 Å². The Balaban J connectivity index is 1.49. The fourth-order valence-corrected chi connectivity index (χ4v) is 4.09. The van der Waals surface area contributed by atoms with Crippen LogP contribution in [0.2, 0.25) is 0 Å². The second kappa shape index (κ2) is 7.56. The lowest BCUT2D eigenvalue weighted by Crippen LogP contribution is -2.34. The standard InChI is InChI=1S/C18H13N3O5S2/c1-25-14(22)9-21-16(23)13(27-18(21)24)8-10-6-7-15(26-10)28-17-19-11-4-2-3-5-12(11)20-17/h2-8H,9H2,1H3,(H,19,20). The number of amides is 2. The molecular weight excluding hydrogens is 402 g/mol. The van der Waals surface area contributed by atoms with Crippen LogP contribution in [0.15, 0.2) is 56.0 Å². The number of hydrogen-bond donors (Lipinski definition) is 1. The van der Waals surface area contributed by atoms with E-state index < -0.39 is 23.7 Å². The van der Waals surface area contributed by atoms with Gasteiger partial charge in [-0.15, -0.1) is 0 Å². The van der Waals surface area contributed by atoms with Gasteiger partial charge in [-0.3, -0.25) is 19.3 Å². The van der Waals surface area contributed by atoms with Gasteiger partial charge in [0.15, 0.2) is 10.2 Å². The largest absolute Gasteiger partial charge is 0.468 e. The molecule has 142 valence electrons. The summed E-state index contributed by atoms with van der Waals surface area (Å²) in [6.45, 7) is -0.413. The van der Waals surface area contributed by atoms with E-state index in [1.807, 2.05) is 24.3 Å². The van der Waals surface area contributed by atoms with Gasteiger partial charge in [-0.25, -0.2) is 4.98 Å². The van der Waals surface area contributed by atoms with Crippen molar-refractivity contribution in [1.82, 2.24) is 14.9 Å². The number of furan rings is 1. The van der Waals surface area contributed by atoms with Gasteiger partial charge in [0.25, 0.3) is 11.1 Å². The predicted octanol–water partition coefficient (Wildman–Crippen LogP) is 3.52. The molecule has 1 aliphatic heterocycles. The highest BCUT2D eigenvalue weighted by atomic mass is 32.2. The molecule has 0 atom stereocenters. The smallest absolute Gasteiger partial charge is 0.325 e. The van der Waals surface area contributed by atoms with Crippen LogP contribution in [-0.4, -0.2) is 45.6 Å². The maximum absolute atomic E-state index is 12.3. The zero-order chi connectivity index (χ0) is 19.7. The Labute approximate surface area is 167 Å². The van der Waals surface area contributed by atoms with Crippen LogP contribution in [0.3, 0.4) is 0 Å². The number of ether oxygens (including phenoxy) is 1.